The zero-order chi connectivity index (χ0) is 17.5. The topological polar surface area (TPSA) is 73.8 Å². The van der Waals surface area contributed by atoms with Gasteiger partial charge in [-0.15, -0.1) is 24.0 Å². The molecule has 1 saturated carbocycles. The summed E-state index contributed by atoms with van der Waals surface area (Å²) in [5.41, 5.74) is 0.406. The molecule has 25 heavy (non-hydrogen) atoms. The Morgan fingerprint density at radius 2 is 1.76 bits per heavy atom. The molecular formula is C17H35IN4O2S. The van der Waals surface area contributed by atoms with Gasteiger partial charge >= 0.3 is 0 Å². The number of nitrogens with one attached hydrogen (secondary N) is 2. The van der Waals surface area contributed by atoms with Crippen molar-refractivity contribution in [3.63, 3.8) is 0 Å². The lowest BCUT2D eigenvalue weighted by Gasteiger charge is -2.27. The highest BCUT2D eigenvalue weighted by molar-refractivity contribution is 14.0. The monoisotopic (exact) mass is 486 g/mol. The van der Waals surface area contributed by atoms with Gasteiger partial charge in [-0.25, -0.2) is 8.42 Å². The Kier molecular flexibility index (Phi) is 10.0. The van der Waals surface area contributed by atoms with Gasteiger partial charge in [-0.1, -0.05) is 19.8 Å². The van der Waals surface area contributed by atoms with E-state index in [9.17, 15) is 8.42 Å². The third kappa shape index (κ3) is 7.58. The minimum absolute atomic E-state index is 0. The van der Waals surface area contributed by atoms with Crippen molar-refractivity contribution in [3.8, 4) is 0 Å². The molecule has 8 heteroatoms. The molecule has 0 amide bonds. The average Bonchev–Trinajstić information content (AvgIpc) is 3.04. The van der Waals surface area contributed by atoms with Crippen molar-refractivity contribution in [1.82, 2.24) is 15.5 Å². The van der Waals surface area contributed by atoms with Gasteiger partial charge in [0, 0.05) is 39.3 Å². The second-order valence-corrected chi connectivity index (χ2v) is 9.48. The maximum absolute atomic E-state index is 11.5. The smallest absolute Gasteiger partial charge is 0.191 e. The molecule has 1 saturated heterocycles. The first-order chi connectivity index (χ1) is 11.5. The molecule has 1 heterocycles. The fourth-order valence-electron chi connectivity index (χ4n) is 3.64. The van der Waals surface area contributed by atoms with Crippen LogP contribution in [0.15, 0.2) is 4.99 Å². The van der Waals surface area contributed by atoms with Crippen LogP contribution in [0.3, 0.4) is 0 Å². The summed E-state index contributed by atoms with van der Waals surface area (Å²) in [7, 11) is -2.79. The van der Waals surface area contributed by atoms with Crippen LogP contribution in [0.5, 0.6) is 0 Å². The van der Waals surface area contributed by atoms with Crippen LogP contribution in [0.2, 0.25) is 0 Å². The van der Waals surface area contributed by atoms with Crippen LogP contribution in [-0.4, -0.2) is 70.1 Å². The summed E-state index contributed by atoms with van der Waals surface area (Å²) in [5.74, 6) is 1.47. The van der Waals surface area contributed by atoms with Gasteiger partial charge in [0.1, 0.15) is 0 Å². The van der Waals surface area contributed by atoms with Crippen molar-refractivity contribution in [1.29, 1.82) is 0 Å². The molecule has 148 valence electrons. The third-order valence-electron chi connectivity index (χ3n) is 5.49. The van der Waals surface area contributed by atoms with Crippen molar-refractivity contribution in [2.75, 3.05) is 50.8 Å². The molecule has 1 aliphatic carbocycles. The van der Waals surface area contributed by atoms with Gasteiger partial charge in [-0.05, 0) is 31.6 Å². The lowest BCUT2D eigenvalue weighted by Crippen LogP contribution is -2.46. The molecule has 2 fully saturated rings. The van der Waals surface area contributed by atoms with Gasteiger partial charge in [0.05, 0.1) is 11.5 Å². The number of nitrogens with zero attached hydrogens (tertiary/aromatic N) is 2. The zero-order valence-corrected chi connectivity index (χ0v) is 18.9. The number of rotatable bonds is 7. The molecule has 2 rings (SSSR count). The highest BCUT2D eigenvalue weighted by Gasteiger charge is 2.31. The van der Waals surface area contributed by atoms with Gasteiger partial charge in [0.15, 0.2) is 15.8 Å². The Hall–Kier alpha value is -0.0900. The van der Waals surface area contributed by atoms with Gasteiger partial charge in [-0.2, -0.15) is 0 Å². The molecule has 0 aromatic rings. The Balaban J connectivity index is 0.00000312. The predicted octanol–water partition coefficient (Wildman–Crippen LogP) is 1.86. The maximum atomic E-state index is 11.5. The van der Waals surface area contributed by atoms with Crippen LogP contribution in [0.1, 0.15) is 46.0 Å². The van der Waals surface area contributed by atoms with E-state index in [0.29, 0.717) is 30.0 Å². The summed E-state index contributed by atoms with van der Waals surface area (Å²) in [4.78, 5) is 7.03. The van der Waals surface area contributed by atoms with Crippen molar-refractivity contribution >= 4 is 39.8 Å². The van der Waals surface area contributed by atoms with Crippen molar-refractivity contribution in [2.45, 2.75) is 46.0 Å². The quantitative estimate of drug-likeness (QED) is 0.327. The van der Waals surface area contributed by atoms with E-state index in [1.807, 2.05) is 0 Å². The Morgan fingerprint density at radius 1 is 1.12 bits per heavy atom. The van der Waals surface area contributed by atoms with E-state index in [-0.39, 0.29) is 24.0 Å². The van der Waals surface area contributed by atoms with Gasteiger partial charge < -0.3 is 10.6 Å². The molecule has 1 aliphatic heterocycles. The largest absolute Gasteiger partial charge is 0.357 e. The highest BCUT2D eigenvalue weighted by Crippen LogP contribution is 2.41. The second-order valence-electron chi connectivity index (χ2n) is 7.18. The molecular weight excluding hydrogens is 451 g/mol. The first kappa shape index (κ1) is 23.0. The molecule has 6 nitrogen and oxygen atoms in total. The van der Waals surface area contributed by atoms with E-state index in [1.54, 1.807) is 0 Å². The Bertz CT molecular complexity index is 505. The second kappa shape index (κ2) is 10.9. The standard InChI is InChI=1S/C17H34N4O2S.HI/c1-3-17(7-5-6-8-17)15-20-16(18-4-2)19-9-10-21-11-13-24(22,23)14-12-21;/h3-15H2,1-2H3,(H2,18,19,20);1H. The summed E-state index contributed by atoms with van der Waals surface area (Å²) >= 11 is 0. The highest BCUT2D eigenvalue weighted by atomic mass is 127. The number of hydrogen-bond acceptors (Lipinski definition) is 4. The van der Waals surface area contributed by atoms with E-state index in [2.05, 4.69) is 29.4 Å². The summed E-state index contributed by atoms with van der Waals surface area (Å²) in [5, 5.41) is 6.72. The molecule has 0 aromatic heterocycles. The molecule has 2 N–H and O–H groups in total. The van der Waals surface area contributed by atoms with Crippen LogP contribution in [0.4, 0.5) is 0 Å². The van der Waals surface area contributed by atoms with Crippen molar-refractivity contribution in [3.05, 3.63) is 0 Å². The first-order valence-corrected chi connectivity index (χ1v) is 11.3. The molecule has 0 radical (unpaired) electrons. The van der Waals surface area contributed by atoms with Crippen LogP contribution in [-0.2, 0) is 9.84 Å². The molecule has 0 spiro atoms. The SMILES string of the molecule is CCNC(=NCC1(CC)CCCC1)NCCN1CCS(=O)(=O)CC1.I. The fraction of sp³-hybridized carbons (Fsp3) is 0.941. The van der Waals surface area contributed by atoms with E-state index < -0.39 is 9.84 Å². The minimum Gasteiger partial charge on any atom is -0.357 e. The molecule has 0 aromatic carbocycles. The van der Waals surface area contributed by atoms with Crippen LogP contribution in [0, 0.1) is 5.41 Å². The molecule has 0 unspecified atom stereocenters. The lowest BCUT2D eigenvalue weighted by molar-refractivity contribution is 0.294. The number of hydrogen-bond donors (Lipinski definition) is 2. The summed E-state index contributed by atoms with van der Waals surface area (Å²) in [6.45, 7) is 9.08. The number of sulfone groups is 1. The van der Waals surface area contributed by atoms with E-state index in [1.165, 1.54) is 32.1 Å². The van der Waals surface area contributed by atoms with Gasteiger partial charge in [0.25, 0.3) is 0 Å². The summed E-state index contributed by atoms with van der Waals surface area (Å²) in [6.07, 6.45) is 6.48. The van der Waals surface area contributed by atoms with Crippen molar-refractivity contribution in [2.24, 2.45) is 10.4 Å². The number of aliphatic imine (C=N–C) groups is 1. The summed E-state index contributed by atoms with van der Waals surface area (Å²) < 4.78 is 22.9. The predicted molar refractivity (Wildman–Crippen MR) is 116 cm³/mol. The molecule has 2 aliphatic rings. The normalized spacial score (nSPS) is 23.0. The van der Waals surface area contributed by atoms with E-state index in [4.69, 9.17) is 4.99 Å². The average molecular weight is 486 g/mol. The van der Waals surface area contributed by atoms with Gasteiger partial charge in [0.2, 0.25) is 0 Å². The minimum atomic E-state index is -2.79. The van der Waals surface area contributed by atoms with E-state index in [0.717, 1.165) is 32.1 Å². The first-order valence-electron chi connectivity index (χ1n) is 9.43. The maximum Gasteiger partial charge on any atom is 0.191 e. The Morgan fingerprint density at radius 3 is 2.32 bits per heavy atom. The van der Waals surface area contributed by atoms with Crippen LogP contribution in [0.25, 0.3) is 0 Å². The number of guanidine groups is 1. The fourth-order valence-corrected chi connectivity index (χ4v) is 4.92. The Labute approximate surface area is 170 Å². The summed E-state index contributed by atoms with van der Waals surface area (Å²) in [6, 6.07) is 0. The molecule has 0 atom stereocenters. The zero-order valence-electron chi connectivity index (χ0n) is 15.7. The lowest BCUT2D eigenvalue weighted by atomic mass is 9.84. The van der Waals surface area contributed by atoms with Crippen LogP contribution >= 0.6 is 24.0 Å². The van der Waals surface area contributed by atoms with Crippen LogP contribution < -0.4 is 10.6 Å². The molecule has 0 bridgehead atoms. The van der Waals surface area contributed by atoms with Gasteiger partial charge in [-0.3, -0.25) is 9.89 Å². The third-order valence-corrected chi connectivity index (χ3v) is 7.10. The van der Waals surface area contributed by atoms with Crippen molar-refractivity contribution < 1.29 is 8.42 Å². The van der Waals surface area contributed by atoms with E-state index >= 15 is 0 Å². The number of halogens is 1.